The number of esters is 2. The maximum Gasteiger partial charge on any atom is 0.408 e. The van der Waals surface area contributed by atoms with Gasteiger partial charge in [0.15, 0.2) is 0 Å². The van der Waals surface area contributed by atoms with Gasteiger partial charge in [0.05, 0.1) is 25.6 Å². The van der Waals surface area contributed by atoms with Gasteiger partial charge in [0, 0.05) is 0 Å². The Kier molecular flexibility index (Phi) is 12.1. The molecule has 0 fully saturated rings. The van der Waals surface area contributed by atoms with E-state index >= 15 is 0 Å². The predicted molar refractivity (Wildman–Crippen MR) is 119 cm³/mol. The molecule has 188 valence electrons. The lowest BCUT2D eigenvalue weighted by Crippen LogP contribution is -2.57. The molecule has 34 heavy (non-hydrogen) atoms. The average Bonchev–Trinajstić information content (AvgIpc) is 2.78. The van der Waals surface area contributed by atoms with E-state index in [-0.39, 0.29) is 19.8 Å². The van der Waals surface area contributed by atoms with Gasteiger partial charge in [-0.1, -0.05) is 44.2 Å². The van der Waals surface area contributed by atoms with Crippen molar-refractivity contribution in [2.24, 2.45) is 11.8 Å². The summed E-state index contributed by atoms with van der Waals surface area (Å²) >= 11 is 0. The Morgan fingerprint density at radius 3 is 2.03 bits per heavy atom. The van der Waals surface area contributed by atoms with E-state index in [1.54, 1.807) is 45.0 Å². The molecule has 3 N–H and O–H groups in total. The second kappa shape index (κ2) is 14.5. The van der Waals surface area contributed by atoms with Crippen LogP contribution in [-0.2, 0) is 40.0 Å². The number of amides is 2. The van der Waals surface area contributed by atoms with E-state index in [1.807, 2.05) is 6.07 Å². The van der Waals surface area contributed by atoms with Crippen molar-refractivity contribution < 1.29 is 43.3 Å². The van der Waals surface area contributed by atoms with Crippen LogP contribution >= 0.6 is 0 Å². The van der Waals surface area contributed by atoms with Gasteiger partial charge in [0.1, 0.15) is 18.7 Å². The Balaban J connectivity index is 2.95. The Bertz CT molecular complexity index is 842. The molecule has 0 aliphatic carbocycles. The molecule has 0 bridgehead atoms. The molecule has 1 aromatic carbocycles. The second-order valence-electron chi connectivity index (χ2n) is 7.62. The first-order valence-electron chi connectivity index (χ1n) is 10.9. The van der Waals surface area contributed by atoms with Gasteiger partial charge in [-0.3, -0.25) is 14.4 Å². The van der Waals surface area contributed by atoms with Crippen molar-refractivity contribution >= 4 is 29.9 Å². The van der Waals surface area contributed by atoms with E-state index in [0.29, 0.717) is 0 Å². The molecule has 0 unspecified atom stereocenters. The third-order valence-corrected chi connectivity index (χ3v) is 4.68. The lowest BCUT2D eigenvalue weighted by Gasteiger charge is -2.27. The summed E-state index contributed by atoms with van der Waals surface area (Å²) in [5.74, 6) is -6.19. The van der Waals surface area contributed by atoms with E-state index in [0.717, 1.165) is 5.56 Å². The van der Waals surface area contributed by atoms with Crippen LogP contribution in [-0.4, -0.2) is 60.3 Å². The zero-order valence-electron chi connectivity index (χ0n) is 19.7. The molecule has 1 aromatic rings. The maximum atomic E-state index is 12.9. The van der Waals surface area contributed by atoms with Crippen LogP contribution in [0.5, 0.6) is 0 Å². The second-order valence-corrected chi connectivity index (χ2v) is 7.62. The van der Waals surface area contributed by atoms with E-state index in [9.17, 15) is 29.1 Å². The highest BCUT2D eigenvalue weighted by Crippen LogP contribution is 2.15. The smallest absolute Gasteiger partial charge is 0.408 e. The molecule has 0 aromatic heterocycles. The van der Waals surface area contributed by atoms with Crippen LogP contribution in [0.3, 0.4) is 0 Å². The van der Waals surface area contributed by atoms with Crippen molar-refractivity contribution in [3.05, 3.63) is 35.9 Å². The molecule has 11 nitrogen and oxygen atoms in total. The van der Waals surface area contributed by atoms with Gasteiger partial charge >= 0.3 is 24.0 Å². The largest absolute Gasteiger partial charge is 0.480 e. The molecule has 2 amide bonds. The molecule has 0 saturated heterocycles. The van der Waals surface area contributed by atoms with E-state index in [4.69, 9.17) is 14.2 Å². The van der Waals surface area contributed by atoms with Gasteiger partial charge in [-0.15, -0.1) is 0 Å². The molecular formula is C23H32N2O9. The number of benzene rings is 1. The number of carboxylic acid groups (broad SMARTS) is 1. The summed E-state index contributed by atoms with van der Waals surface area (Å²) in [6.07, 6.45) is -1.49. The first-order valence-corrected chi connectivity index (χ1v) is 10.9. The molecule has 0 aliphatic rings. The molecule has 0 heterocycles. The van der Waals surface area contributed by atoms with Crippen LogP contribution in [0.25, 0.3) is 0 Å². The van der Waals surface area contributed by atoms with E-state index in [2.05, 4.69) is 10.6 Å². The molecule has 0 saturated carbocycles. The van der Waals surface area contributed by atoms with Crippen molar-refractivity contribution in [2.45, 2.75) is 52.8 Å². The number of hydrogen-bond donors (Lipinski definition) is 3. The van der Waals surface area contributed by atoms with Gasteiger partial charge in [0.2, 0.25) is 5.91 Å². The third kappa shape index (κ3) is 9.47. The fourth-order valence-corrected chi connectivity index (χ4v) is 2.99. The van der Waals surface area contributed by atoms with Gasteiger partial charge in [0.25, 0.3) is 0 Å². The number of alkyl carbamates (subject to hydrolysis) is 1. The minimum Gasteiger partial charge on any atom is -0.480 e. The van der Waals surface area contributed by atoms with Crippen LogP contribution in [0.4, 0.5) is 4.79 Å². The molecular weight excluding hydrogens is 448 g/mol. The normalized spacial score (nSPS) is 13.2. The quantitative estimate of drug-likeness (QED) is 0.282. The Hall–Kier alpha value is -3.63. The van der Waals surface area contributed by atoms with Crippen molar-refractivity contribution in [3.8, 4) is 0 Å². The Labute approximate surface area is 198 Å². The van der Waals surface area contributed by atoms with E-state index in [1.165, 1.54) is 6.92 Å². The molecule has 0 radical (unpaired) electrons. The average molecular weight is 481 g/mol. The van der Waals surface area contributed by atoms with Crippen LogP contribution in [0, 0.1) is 11.8 Å². The summed E-state index contributed by atoms with van der Waals surface area (Å²) in [6.45, 7) is 6.31. The molecule has 1 rings (SSSR count). The maximum absolute atomic E-state index is 12.9. The van der Waals surface area contributed by atoms with Crippen molar-refractivity contribution in [3.63, 3.8) is 0 Å². The third-order valence-electron chi connectivity index (χ3n) is 4.68. The molecule has 3 atom stereocenters. The van der Waals surface area contributed by atoms with Crippen molar-refractivity contribution in [1.82, 2.24) is 10.6 Å². The first-order chi connectivity index (χ1) is 16.1. The van der Waals surface area contributed by atoms with Gasteiger partial charge < -0.3 is 30.0 Å². The topological polar surface area (TPSA) is 157 Å². The number of carbonyl (C=O) groups excluding carboxylic acids is 4. The number of aliphatic carboxylic acids is 1. The molecule has 11 heteroatoms. The zero-order chi connectivity index (χ0) is 25.7. The van der Waals surface area contributed by atoms with Crippen LogP contribution < -0.4 is 10.6 Å². The zero-order valence-corrected chi connectivity index (χ0v) is 19.7. The highest BCUT2D eigenvalue weighted by atomic mass is 16.6. The highest BCUT2D eigenvalue weighted by molar-refractivity contribution is 5.93. The van der Waals surface area contributed by atoms with Gasteiger partial charge in [-0.05, 0) is 25.3 Å². The van der Waals surface area contributed by atoms with Crippen molar-refractivity contribution in [1.29, 1.82) is 0 Å². The highest BCUT2D eigenvalue weighted by Gasteiger charge is 2.40. The number of hydrogen-bond acceptors (Lipinski definition) is 8. The Morgan fingerprint density at radius 1 is 0.882 bits per heavy atom. The van der Waals surface area contributed by atoms with Crippen LogP contribution in [0.1, 0.15) is 39.7 Å². The van der Waals surface area contributed by atoms with Gasteiger partial charge in [-0.2, -0.15) is 0 Å². The number of nitrogens with one attached hydrogen (secondary N) is 2. The summed E-state index contributed by atoms with van der Waals surface area (Å²) in [4.78, 5) is 61.4. The number of ether oxygens (including phenoxy) is 3. The first kappa shape index (κ1) is 28.4. The lowest BCUT2D eigenvalue weighted by atomic mass is 9.94. The standard InChI is InChI=1S/C23H32N2O9/c1-5-32-17(26)12-16(22(30)33-6-2)19(21(28)29)24-20(27)18(14(3)4)25-23(31)34-13-15-10-8-7-9-11-15/h7-11,14,16,18-19H,5-6,12-13H2,1-4H3,(H,24,27)(H,25,31)(H,28,29)/t16-,18-,19+/m1/s1. The summed E-state index contributed by atoms with van der Waals surface area (Å²) in [7, 11) is 0. The van der Waals surface area contributed by atoms with Crippen LogP contribution in [0.2, 0.25) is 0 Å². The van der Waals surface area contributed by atoms with Crippen LogP contribution in [0.15, 0.2) is 30.3 Å². The molecule has 0 spiro atoms. The summed E-state index contributed by atoms with van der Waals surface area (Å²) in [5, 5.41) is 14.3. The van der Waals surface area contributed by atoms with E-state index < -0.39 is 60.2 Å². The summed E-state index contributed by atoms with van der Waals surface area (Å²) < 4.78 is 14.8. The summed E-state index contributed by atoms with van der Waals surface area (Å²) in [6, 6.07) is 5.93. The monoisotopic (exact) mass is 480 g/mol. The summed E-state index contributed by atoms with van der Waals surface area (Å²) in [5.41, 5.74) is 0.741. The van der Waals surface area contributed by atoms with Crippen molar-refractivity contribution in [2.75, 3.05) is 13.2 Å². The van der Waals surface area contributed by atoms with Gasteiger partial charge in [-0.25, -0.2) is 9.59 Å². The lowest BCUT2D eigenvalue weighted by molar-refractivity contribution is -0.160. The predicted octanol–water partition coefficient (Wildman–Crippen LogP) is 1.64. The number of rotatable bonds is 13. The SMILES string of the molecule is CCOC(=O)C[C@@H](C(=O)OCC)[C@H](NC(=O)[C@H](NC(=O)OCc1ccccc1)C(C)C)C(=O)O. The minimum absolute atomic E-state index is 0.0265. The number of carboxylic acids is 1. The fourth-order valence-electron chi connectivity index (χ4n) is 2.99. The molecule has 0 aliphatic heterocycles. The number of carbonyl (C=O) groups is 5. The fraction of sp³-hybridized carbons (Fsp3) is 0.522. The minimum atomic E-state index is -1.79. The Morgan fingerprint density at radius 2 is 1.50 bits per heavy atom.